The second kappa shape index (κ2) is 3.35. The zero-order chi connectivity index (χ0) is 10.2. The van der Waals surface area contributed by atoms with Crippen LogP contribution in [0.4, 0.5) is 0 Å². The largest absolute Gasteiger partial charge is 0.320 e. The third-order valence-corrected chi connectivity index (χ3v) is 4.84. The molecule has 0 spiro atoms. The summed E-state index contributed by atoms with van der Waals surface area (Å²) in [5, 5.41) is 2.13. The molecule has 1 heterocycles. The molecule has 78 valence electrons. The lowest BCUT2D eigenvalue weighted by Crippen LogP contribution is -2.51. The van der Waals surface area contributed by atoms with Gasteiger partial charge in [0.05, 0.1) is 5.54 Å². The van der Waals surface area contributed by atoms with Crippen LogP contribution < -0.4 is 5.73 Å². The third-order valence-electron chi connectivity index (χ3n) is 3.79. The van der Waals surface area contributed by atoms with E-state index in [2.05, 4.69) is 31.4 Å². The van der Waals surface area contributed by atoms with Gasteiger partial charge >= 0.3 is 0 Å². The van der Waals surface area contributed by atoms with Gasteiger partial charge in [0.25, 0.3) is 0 Å². The van der Waals surface area contributed by atoms with E-state index in [0.717, 1.165) is 6.42 Å². The number of hydrogen-bond donors (Lipinski definition) is 1. The van der Waals surface area contributed by atoms with Crippen molar-refractivity contribution in [2.45, 2.75) is 45.1 Å². The first-order chi connectivity index (χ1) is 6.56. The molecule has 0 amide bonds. The predicted octanol–water partition coefficient (Wildman–Crippen LogP) is 3.50. The zero-order valence-electron chi connectivity index (χ0n) is 9.05. The molecule has 1 fully saturated rings. The summed E-state index contributed by atoms with van der Waals surface area (Å²) in [6.07, 6.45) is 5.00. The minimum atomic E-state index is -0.0839. The van der Waals surface area contributed by atoms with Crippen LogP contribution in [0.3, 0.4) is 0 Å². The molecule has 1 aliphatic rings. The zero-order valence-corrected chi connectivity index (χ0v) is 9.86. The minimum absolute atomic E-state index is 0.0839. The summed E-state index contributed by atoms with van der Waals surface area (Å²) in [7, 11) is 0. The highest BCUT2D eigenvalue weighted by Gasteiger charge is 2.45. The van der Waals surface area contributed by atoms with Crippen molar-refractivity contribution in [1.29, 1.82) is 0 Å². The van der Waals surface area contributed by atoms with Crippen LogP contribution in [0.15, 0.2) is 17.5 Å². The van der Waals surface area contributed by atoms with Gasteiger partial charge in [0.1, 0.15) is 0 Å². The van der Waals surface area contributed by atoms with E-state index < -0.39 is 0 Å². The quantitative estimate of drug-likeness (QED) is 0.752. The van der Waals surface area contributed by atoms with E-state index in [0.29, 0.717) is 0 Å². The van der Waals surface area contributed by atoms with Crippen molar-refractivity contribution < 1.29 is 0 Å². The molecule has 1 aromatic heterocycles. The Hall–Kier alpha value is -0.340. The summed E-state index contributed by atoms with van der Waals surface area (Å²) < 4.78 is 0. The Balaban J connectivity index is 2.37. The average Bonchev–Trinajstić information content (AvgIpc) is 2.63. The second-order valence-electron chi connectivity index (χ2n) is 5.04. The molecule has 1 unspecified atom stereocenters. The molecule has 1 atom stereocenters. The summed E-state index contributed by atoms with van der Waals surface area (Å²) in [6, 6.07) is 4.30. The number of hydrogen-bond acceptors (Lipinski definition) is 2. The Morgan fingerprint density at radius 3 is 2.57 bits per heavy atom. The first-order valence-electron chi connectivity index (χ1n) is 5.39. The van der Waals surface area contributed by atoms with Crippen LogP contribution in [0.5, 0.6) is 0 Å². The van der Waals surface area contributed by atoms with Gasteiger partial charge in [-0.2, -0.15) is 0 Å². The molecule has 2 heteroatoms. The van der Waals surface area contributed by atoms with Gasteiger partial charge < -0.3 is 5.73 Å². The summed E-state index contributed by atoms with van der Waals surface area (Å²) in [5.74, 6) is 0. The van der Waals surface area contributed by atoms with Crippen molar-refractivity contribution in [2.24, 2.45) is 11.1 Å². The van der Waals surface area contributed by atoms with Gasteiger partial charge in [-0.25, -0.2) is 0 Å². The minimum Gasteiger partial charge on any atom is -0.320 e. The first-order valence-corrected chi connectivity index (χ1v) is 6.27. The summed E-state index contributed by atoms with van der Waals surface area (Å²) in [6.45, 7) is 4.62. The van der Waals surface area contributed by atoms with Crippen LogP contribution in [0, 0.1) is 5.41 Å². The van der Waals surface area contributed by atoms with E-state index in [-0.39, 0.29) is 11.0 Å². The van der Waals surface area contributed by atoms with Crippen molar-refractivity contribution >= 4 is 11.3 Å². The van der Waals surface area contributed by atoms with Crippen LogP contribution in [-0.4, -0.2) is 0 Å². The van der Waals surface area contributed by atoms with Crippen molar-refractivity contribution in [3.05, 3.63) is 22.4 Å². The molecular weight excluding hydrogens is 190 g/mol. The lowest BCUT2D eigenvalue weighted by molar-refractivity contribution is 0.101. The van der Waals surface area contributed by atoms with E-state index in [1.165, 1.54) is 24.1 Å². The number of nitrogens with two attached hydrogens (primary N) is 1. The maximum Gasteiger partial charge on any atom is 0.0555 e. The monoisotopic (exact) mass is 209 g/mol. The van der Waals surface area contributed by atoms with Crippen LogP contribution >= 0.6 is 11.3 Å². The summed E-state index contributed by atoms with van der Waals surface area (Å²) in [4.78, 5) is 1.36. The lowest BCUT2D eigenvalue weighted by Gasteiger charge is -2.47. The van der Waals surface area contributed by atoms with Gasteiger partial charge in [-0.3, -0.25) is 0 Å². The van der Waals surface area contributed by atoms with Crippen LogP contribution in [-0.2, 0) is 5.54 Å². The normalized spacial score (nSPS) is 31.6. The predicted molar refractivity (Wildman–Crippen MR) is 62.4 cm³/mol. The van der Waals surface area contributed by atoms with E-state index in [1.54, 1.807) is 11.3 Å². The average molecular weight is 209 g/mol. The Morgan fingerprint density at radius 1 is 1.29 bits per heavy atom. The first kappa shape index (κ1) is 10.2. The topological polar surface area (TPSA) is 26.0 Å². The molecule has 1 nitrogen and oxygen atoms in total. The fourth-order valence-corrected chi connectivity index (χ4v) is 3.57. The SMILES string of the molecule is CC1(C)CCCCC1(N)c1cccs1. The van der Waals surface area contributed by atoms with Gasteiger partial charge in [0.15, 0.2) is 0 Å². The van der Waals surface area contributed by atoms with Crippen molar-refractivity contribution in [3.8, 4) is 0 Å². The molecule has 0 aromatic carbocycles. The summed E-state index contributed by atoms with van der Waals surface area (Å²) >= 11 is 1.81. The lowest BCUT2D eigenvalue weighted by atomic mass is 9.63. The Kier molecular flexibility index (Phi) is 2.44. The fraction of sp³-hybridized carbons (Fsp3) is 0.667. The molecule has 14 heavy (non-hydrogen) atoms. The van der Waals surface area contributed by atoms with Crippen molar-refractivity contribution in [1.82, 2.24) is 0 Å². The number of thiophene rings is 1. The van der Waals surface area contributed by atoms with Crippen molar-refractivity contribution in [3.63, 3.8) is 0 Å². The van der Waals surface area contributed by atoms with Gasteiger partial charge in [0.2, 0.25) is 0 Å². The van der Waals surface area contributed by atoms with E-state index in [4.69, 9.17) is 5.73 Å². The molecule has 0 radical (unpaired) electrons. The molecule has 0 bridgehead atoms. The van der Waals surface area contributed by atoms with Crippen LogP contribution in [0.2, 0.25) is 0 Å². The number of rotatable bonds is 1. The third kappa shape index (κ3) is 1.41. The van der Waals surface area contributed by atoms with Crippen molar-refractivity contribution in [2.75, 3.05) is 0 Å². The second-order valence-corrected chi connectivity index (χ2v) is 5.99. The molecular formula is C12H19NS. The molecule has 0 saturated heterocycles. The Morgan fingerprint density at radius 2 is 2.00 bits per heavy atom. The van der Waals surface area contributed by atoms with Crippen LogP contribution in [0.1, 0.15) is 44.4 Å². The maximum absolute atomic E-state index is 6.61. The van der Waals surface area contributed by atoms with Crippen LogP contribution in [0.25, 0.3) is 0 Å². The van der Waals surface area contributed by atoms with Gasteiger partial charge in [0, 0.05) is 4.88 Å². The molecule has 1 aliphatic carbocycles. The fourth-order valence-electron chi connectivity index (χ4n) is 2.52. The van der Waals surface area contributed by atoms with E-state index >= 15 is 0 Å². The summed E-state index contributed by atoms with van der Waals surface area (Å²) in [5.41, 5.74) is 6.78. The smallest absolute Gasteiger partial charge is 0.0555 e. The van der Waals surface area contributed by atoms with Gasteiger partial charge in [-0.1, -0.05) is 32.8 Å². The standard InChI is InChI=1S/C12H19NS/c1-11(2)7-3-4-8-12(11,13)10-6-5-9-14-10/h5-6,9H,3-4,7-8,13H2,1-2H3. The molecule has 2 N–H and O–H groups in total. The molecule has 1 saturated carbocycles. The molecule has 2 rings (SSSR count). The van der Waals surface area contributed by atoms with E-state index in [1.807, 2.05) is 0 Å². The highest BCUT2D eigenvalue weighted by atomic mass is 32.1. The van der Waals surface area contributed by atoms with Gasteiger partial charge in [-0.15, -0.1) is 11.3 Å². The molecule has 1 aromatic rings. The Labute approximate surface area is 90.3 Å². The molecule has 0 aliphatic heterocycles. The Bertz CT molecular complexity index is 302. The van der Waals surface area contributed by atoms with Gasteiger partial charge in [-0.05, 0) is 29.7 Å². The highest BCUT2D eigenvalue weighted by molar-refractivity contribution is 7.10. The maximum atomic E-state index is 6.61. The highest BCUT2D eigenvalue weighted by Crippen LogP contribution is 2.49. The van der Waals surface area contributed by atoms with E-state index in [9.17, 15) is 0 Å².